The lowest BCUT2D eigenvalue weighted by molar-refractivity contribution is -0.118. The summed E-state index contributed by atoms with van der Waals surface area (Å²) in [5, 5.41) is 39.3. The highest BCUT2D eigenvalue weighted by Crippen LogP contribution is 2.41. The van der Waals surface area contributed by atoms with Crippen LogP contribution in [0.5, 0.6) is 0 Å². The minimum absolute atomic E-state index is 0.0817. The minimum atomic E-state index is -1.80. The molecule has 0 amide bonds. The Morgan fingerprint density at radius 1 is 1.46 bits per heavy atom. The van der Waals surface area contributed by atoms with Crippen LogP contribution >= 0.6 is 0 Å². The summed E-state index contributed by atoms with van der Waals surface area (Å²) in [7, 11) is -0.383. The van der Waals surface area contributed by atoms with E-state index in [1.807, 2.05) is 0 Å². The lowest BCUT2D eigenvalue weighted by Gasteiger charge is -2.31. The van der Waals surface area contributed by atoms with Gasteiger partial charge in [-0.25, -0.2) is 9.97 Å². The summed E-state index contributed by atoms with van der Waals surface area (Å²) >= 11 is 0. The number of anilines is 1. The van der Waals surface area contributed by atoms with Gasteiger partial charge in [0.15, 0.2) is 6.23 Å². The molecule has 10 nitrogen and oxygen atoms in total. The number of aromatic nitrogens is 3. The molecule has 0 bridgehead atoms. The number of fused-ring (bicyclic) bond motifs is 1. The molecule has 2 aromatic heterocycles. The summed E-state index contributed by atoms with van der Waals surface area (Å²) in [5.41, 5.74) is 5.04. The molecule has 6 N–H and O–H groups in total. The zero-order valence-corrected chi connectivity index (χ0v) is 13.2. The predicted molar refractivity (Wildman–Crippen MR) is 84.2 cm³/mol. The maximum absolute atomic E-state index is 10.4. The quantitative estimate of drug-likeness (QED) is 0.376. The lowest BCUT2D eigenvalue weighted by atomic mass is 9.80. The van der Waals surface area contributed by atoms with Crippen LogP contribution in [-0.4, -0.2) is 73.4 Å². The van der Waals surface area contributed by atoms with Crippen molar-refractivity contribution in [3.63, 3.8) is 0 Å². The third kappa shape index (κ3) is 2.29. The number of rotatable bonds is 4. The first-order valence-electron chi connectivity index (χ1n) is 7.31. The highest BCUT2D eigenvalue weighted by atomic mass is 16.6. The summed E-state index contributed by atoms with van der Waals surface area (Å²) in [5.74, 6) is 0.0817. The molecule has 0 radical (unpaired) electrons. The fourth-order valence-corrected chi connectivity index (χ4v) is 3.11. The molecule has 0 spiro atoms. The number of nitrogens with two attached hydrogens (primary N) is 1. The van der Waals surface area contributed by atoms with E-state index in [2.05, 4.69) is 9.97 Å². The maximum Gasteiger partial charge on any atom is 0.490 e. The Kier molecular flexibility index (Phi) is 4.24. The van der Waals surface area contributed by atoms with Gasteiger partial charge in [-0.2, -0.15) is 0 Å². The summed E-state index contributed by atoms with van der Waals surface area (Å²) in [6.07, 6.45) is -0.190. The summed E-state index contributed by atoms with van der Waals surface area (Å²) in [4.78, 5) is 8.00. The van der Waals surface area contributed by atoms with Crippen LogP contribution in [0.4, 0.5) is 5.82 Å². The Bertz CT molecular complexity index is 755. The zero-order chi connectivity index (χ0) is 17.6. The smallest absolute Gasteiger partial charge is 0.423 e. The maximum atomic E-state index is 10.4. The van der Waals surface area contributed by atoms with E-state index >= 15 is 0 Å². The van der Waals surface area contributed by atoms with E-state index in [1.54, 1.807) is 6.92 Å². The first kappa shape index (κ1) is 17.1. The van der Waals surface area contributed by atoms with Crippen molar-refractivity contribution >= 4 is 29.4 Å². The second kappa shape index (κ2) is 5.95. The fraction of sp³-hybridized carbons (Fsp3) is 0.538. The van der Waals surface area contributed by atoms with E-state index in [4.69, 9.17) is 15.2 Å². The third-order valence-corrected chi connectivity index (χ3v) is 4.55. The molecule has 4 atom stereocenters. The van der Waals surface area contributed by atoms with Crippen molar-refractivity contribution < 1.29 is 29.7 Å². The van der Waals surface area contributed by atoms with Gasteiger partial charge in [0.1, 0.15) is 35.6 Å². The van der Waals surface area contributed by atoms with Gasteiger partial charge in [0.25, 0.3) is 0 Å². The number of aliphatic hydroxyl groups excluding tert-OH is 2. The Morgan fingerprint density at radius 2 is 2.17 bits per heavy atom. The van der Waals surface area contributed by atoms with Gasteiger partial charge in [0, 0.05) is 18.8 Å². The number of hydrogen-bond donors (Lipinski definition) is 5. The predicted octanol–water partition coefficient (Wildman–Crippen LogP) is -2.65. The van der Waals surface area contributed by atoms with Crippen LogP contribution in [0.2, 0.25) is 0 Å². The van der Waals surface area contributed by atoms with E-state index in [0.717, 1.165) is 0 Å². The molecule has 3 heterocycles. The number of ether oxygens (including phenoxy) is 2. The molecule has 1 aliphatic heterocycles. The van der Waals surface area contributed by atoms with Crippen LogP contribution in [0.25, 0.3) is 11.0 Å². The Hall–Kier alpha value is -1.76. The molecule has 24 heavy (non-hydrogen) atoms. The molecule has 1 saturated heterocycles. The topological polar surface area (TPSA) is 156 Å². The van der Waals surface area contributed by atoms with E-state index in [9.17, 15) is 20.3 Å². The fourth-order valence-electron chi connectivity index (χ4n) is 3.11. The molecule has 0 aliphatic carbocycles. The standard InChI is InChI=1S/C13H19BN4O6/c1-13(23-2)9(20)7(4-19)24-12(13)18-3-6(14(21)22)8-10(15)16-5-17-11(8)18/h3,5,7,9,12,19-22H,4H2,1-2H3,(H2,15,16,17)/t7-,9-,12-,13-/m1/s1. The van der Waals surface area contributed by atoms with E-state index in [0.29, 0.717) is 5.65 Å². The van der Waals surface area contributed by atoms with Crippen molar-refractivity contribution in [3.8, 4) is 0 Å². The summed E-state index contributed by atoms with van der Waals surface area (Å²) in [6, 6.07) is 0. The van der Waals surface area contributed by atoms with E-state index < -0.39 is 37.8 Å². The van der Waals surface area contributed by atoms with Crippen molar-refractivity contribution in [2.24, 2.45) is 0 Å². The van der Waals surface area contributed by atoms with Gasteiger partial charge in [0.2, 0.25) is 0 Å². The van der Waals surface area contributed by atoms with Gasteiger partial charge >= 0.3 is 7.12 Å². The number of nitrogen functional groups attached to an aromatic ring is 1. The molecule has 2 aromatic rings. The number of aliphatic hydroxyl groups is 2. The lowest BCUT2D eigenvalue weighted by Crippen LogP contribution is -2.46. The molecule has 11 heteroatoms. The molecule has 3 rings (SSSR count). The Morgan fingerprint density at radius 3 is 2.75 bits per heavy atom. The molecule has 0 aromatic carbocycles. The summed E-state index contributed by atoms with van der Waals surface area (Å²) in [6.45, 7) is 1.23. The van der Waals surface area contributed by atoms with Gasteiger partial charge in [-0.1, -0.05) is 0 Å². The normalized spacial score (nSPS) is 30.2. The van der Waals surface area contributed by atoms with Crippen LogP contribution in [-0.2, 0) is 9.47 Å². The number of hydrogen-bond acceptors (Lipinski definition) is 9. The monoisotopic (exact) mass is 338 g/mol. The van der Waals surface area contributed by atoms with Gasteiger partial charge in [-0.3, -0.25) is 0 Å². The average Bonchev–Trinajstić information content (AvgIpc) is 3.06. The average molecular weight is 338 g/mol. The number of methoxy groups -OCH3 is 1. The Balaban J connectivity index is 2.21. The van der Waals surface area contributed by atoms with Crippen molar-refractivity contribution in [1.29, 1.82) is 0 Å². The molecule has 0 saturated carbocycles. The largest absolute Gasteiger partial charge is 0.490 e. The third-order valence-electron chi connectivity index (χ3n) is 4.55. The van der Waals surface area contributed by atoms with Crippen LogP contribution in [0, 0.1) is 0 Å². The highest BCUT2D eigenvalue weighted by molar-refractivity contribution is 6.62. The molecular weight excluding hydrogens is 319 g/mol. The van der Waals surface area contributed by atoms with Crippen molar-refractivity contribution in [2.75, 3.05) is 19.5 Å². The van der Waals surface area contributed by atoms with Crippen molar-refractivity contribution in [2.45, 2.75) is 31.0 Å². The molecule has 1 aliphatic rings. The van der Waals surface area contributed by atoms with Crippen molar-refractivity contribution in [3.05, 3.63) is 12.5 Å². The first-order valence-corrected chi connectivity index (χ1v) is 7.31. The Labute approximate surface area is 137 Å². The highest BCUT2D eigenvalue weighted by Gasteiger charge is 2.55. The summed E-state index contributed by atoms with van der Waals surface area (Å²) < 4.78 is 12.7. The van der Waals surface area contributed by atoms with Gasteiger partial charge in [-0.05, 0) is 6.92 Å². The van der Waals surface area contributed by atoms with Gasteiger partial charge < -0.3 is 40.0 Å². The van der Waals surface area contributed by atoms with Gasteiger partial charge in [0.05, 0.1) is 12.0 Å². The number of nitrogens with zero attached hydrogens (tertiary/aromatic N) is 3. The second-order valence-electron chi connectivity index (χ2n) is 5.87. The van der Waals surface area contributed by atoms with Crippen molar-refractivity contribution in [1.82, 2.24) is 14.5 Å². The van der Waals surface area contributed by atoms with Crippen LogP contribution < -0.4 is 11.2 Å². The zero-order valence-electron chi connectivity index (χ0n) is 13.2. The van der Waals surface area contributed by atoms with E-state index in [1.165, 1.54) is 24.2 Å². The SMILES string of the molecule is CO[C@]1(C)[C@H](O)[C@@H](CO)O[C@H]1n1cc(B(O)O)c2c(N)ncnc21. The molecular formula is C13H19BN4O6. The molecule has 130 valence electrons. The molecule has 0 unspecified atom stereocenters. The van der Waals surface area contributed by atoms with Crippen LogP contribution in [0.1, 0.15) is 13.2 Å². The molecule has 1 fully saturated rings. The first-order chi connectivity index (χ1) is 11.3. The minimum Gasteiger partial charge on any atom is -0.423 e. The van der Waals surface area contributed by atoms with E-state index in [-0.39, 0.29) is 16.7 Å². The second-order valence-corrected chi connectivity index (χ2v) is 5.87. The van der Waals surface area contributed by atoms with Crippen LogP contribution in [0.3, 0.4) is 0 Å². The van der Waals surface area contributed by atoms with Gasteiger partial charge in [-0.15, -0.1) is 0 Å². The van der Waals surface area contributed by atoms with Crippen LogP contribution in [0.15, 0.2) is 12.5 Å².